The normalized spacial score (nSPS) is 17.9. The minimum atomic E-state index is -1.14. The molecular weight excluding hydrogens is 443 g/mol. The van der Waals surface area contributed by atoms with Crippen LogP contribution in [-0.4, -0.2) is 52.3 Å². The molecule has 1 fully saturated rings. The van der Waals surface area contributed by atoms with Crippen LogP contribution >= 0.6 is 0 Å². The summed E-state index contributed by atoms with van der Waals surface area (Å²) in [6, 6.07) is 5.59. The maximum Gasteiger partial charge on any atom is 0.496 e. The minimum Gasteiger partial charge on any atom is -0.399 e. The number of hydrogen-bond donors (Lipinski definition) is 0. The summed E-state index contributed by atoms with van der Waals surface area (Å²) in [5, 5.41) is 5.60. The van der Waals surface area contributed by atoms with Crippen molar-refractivity contribution in [2.75, 3.05) is 6.61 Å². The van der Waals surface area contributed by atoms with Gasteiger partial charge in [0.15, 0.2) is 0 Å². The number of pyridine rings is 1. The monoisotopic (exact) mass is 482 g/mol. The van der Waals surface area contributed by atoms with E-state index in [-0.39, 0.29) is 6.04 Å². The van der Waals surface area contributed by atoms with Crippen LogP contribution in [0.1, 0.15) is 47.6 Å². The molecule has 0 unspecified atom stereocenters. The molecule has 0 saturated carbocycles. The van der Waals surface area contributed by atoms with E-state index in [1.165, 1.54) is 0 Å². The molecule has 3 aromatic rings. The van der Waals surface area contributed by atoms with Crippen molar-refractivity contribution in [1.82, 2.24) is 19.3 Å². The summed E-state index contributed by atoms with van der Waals surface area (Å²) in [6.45, 7) is 20.9. The van der Waals surface area contributed by atoms with Crippen LogP contribution in [0.3, 0.4) is 0 Å². The molecule has 9 heteroatoms. The van der Waals surface area contributed by atoms with E-state index in [1.807, 2.05) is 17.1 Å². The molecule has 0 aliphatic carbocycles. The molecule has 1 aliphatic rings. The van der Waals surface area contributed by atoms with Crippen molar-refractivity contribution in [3.05, 3.63) is 30.7 Å². The number of hydrogen-bond acceptors (Lipinski definition) is 5. The molecule has 0 spiro atoms. The fourth-order valence-corrected chi connectivity index (χ4v) is 4.83. The maximum absolute atomic E-state index is 6.30. The molecule has 0 amide bonds. The van der Waals surface area contributed by atoms with Gasteiger partial charge in [0.1, 0.15) is 12.4 Å². The van der Waals surface area contributed by atoms with Gasteiger partial charge in [0.2, 0.25) is 0 Å². The Morgan fingerprint density at radius 3 is 2.41 bits per heavy atom. The molecule has 0 radical (unpaired) electrons. The molecule has 0 aromatic carbocycles. The van der Waals surface area contributed by atoms with Gasteiger partial charge in [-0.05, 0) is 59.7 Å². The molecule has 3 aromatic heterocycles. The lowest BCUT2D eigenvalue weighted by atomic mass is 9.80. The molecule has 1 saturated heterocycles. The summed E-state index contributed by atoms with van der Waals surface area (Å²) >= 11 is 0. The summed E-state index contributed by atoms with van der Waals surface area (Å²) in [7, 11) is -1.60. The average molecular weight is 483 g/mol. The van der Waals surface area contributed by atoms with Crippen LogP contribution in [0, 0.1) is 0 Å². The van der Waals surface area contributed by atoms with Crippen molar-refractivity contribution in [1.29, 1.82) is 0 Å². The van der Waals surface area contributed by atoms with Crippen LogP contribution < -0.4 is 5.46 Å². The predicted molar refractivity (Wildman–Crippen MR) is 141 cm³/mol. The van der Waals surface area contributed by atoms with Crippen molar-refractivity contribution >= 4 is 31.7 Å². The molecule has 4 rings (SSSR count). The fourth-order valence-electron chi connectivity index (χ4n) is 4.08. The molecule has 7 nitrogen and oxygen atoms in total. The topological polar surface area (TPSA) is 63.3 Å². The zero-order valence-corrected chi connectivity index (χ0v) is 23.2. The second kappa shape index (κ2) is 8.93. The third-order valence-electron chi connectivity index (χ3n) is 6.92. The van der Waals surface area contributed by atoms with Crippen molar-refractivity contribution in [3.8, 4) is 11.3 Å². The van der Waals surface area contributed by atoms with Crippen molar-refractivity contribution < 1.29 is 14.0 Å². The third kappa shape index (κ3) is 4.89. The number of aromatic nitrogens is 4. The standard InChI is InChI=1S/C25H39BN4O3Si/c1-18(2)30-22(10-11-28-30)21-16-29(17-31-12-13-34(7,8)9)23-20(21)14-19(15-27-23)26-32-24(3,4)25(5,6)33-26/h10-11,14-16,18H,12-13,17H2,1-9H3. The highest BCUT2D eigenvalue weighted by molar-refractivity contribution is 6.76. The van der Waals surface area contributed by atoms with Crippen LogP contribution in [0.5, 0.6) is 0 Å². The van der Waals surface area contributed by atoms with Gasteiger partial charge in [0, 0.05) is 55.7 Å². The Bertz CT molecular complexity index is 1150. The van der Waals surface area contributed by atoms with Crippen molar-refractivity contribution in [3.63, 3.8) is 0 Å². The van der Waals surface area contributed by atoms with E-state index < -0.39 is 26.4 Å². The first-order valence-corrected chi connectivity index (χ1v) is 16.0. The largest absolute Gasteiger partial charge is 0.496 e. The summed E-state index contributed by atoms with van der Waals surface area (Å²) in [6.07, 6.45) is 5.86. The molecule has 34 heavy (non-hydrogen) atoms. The second-order valence-corrected chi connectivity index (χ2v) is 17.5. The summed E-state index contributed by atoms with van der Waals surface area (Å²) in [5.41, 5.74) is 3.15. The zero-order valence-electron chi connectivity index (χ0n) is 22.2. The first-order valence-electron chi connectivity index (χ1n) is 12.3. The van der Waals surface area contributed by atoms with E-state index in [0.717, 1.165) is 40.4 Å². The molecule has 4 heterocycles. The van der Waals surface area contributed by atoms with Crippen LogP contribution in [0.25, 0.3) is 22.3 Å². The maximum atomic E-state index is 6.30. The molecule has 184 valence electrons. The number of rotatable bonds is 8. The number of fused-ring (bicyclic) bond motifs is 1. The van der Waals surface area contributed by atoms with Gasteiger partial charge >= 0.3 is 7.12 Å². The van der Waals surface area contributed by atoms with Crippen LogP contribution in [0.2, 0.25) is 25.7 Å². The Labute approximate surface area is 204 Å². The summed E-state index contributed by atoms with van der Waals surface area (Å²) in [4.78, 5) is 4.86. The smallest absolute Gasteiger partial charge is 0.399 e. The Morgan fingerprint density at radius 1 is 1.12 bits per heavy atom. The Hall–Kier alpha value is -1.94. The molecular formula is C25H39BN4O3Si. The van der Waals surface area contributed by atoms with E-state index in [0.29, 0.717) is 6.73 Å². The van der Waals surface area contributed by atoms with Gasteiger partial charge in [-0.3, -0.25) is 4.68 Å². The predicted octanol–water partition coefficient (Wildman–Crippen LogP) is 5.09. The number of ether oxygens (including phenoxy) is 1. The van der Waals surface area contributed by atoms with Crippen molar-refractivity contribution in [2.45, 2.75) is 91.2 Å². The van der Waals surface area contributed by atoms with E-state index >= 15 is 0 Å². The van der Waals surface area contributed by atoms with Gasteiger partial charge in [-0.15, -0.1) is 0 Å². The molecule has 0 atom stereocenters. The lowest BCUT2D eigenvalue weighted by Gasteiger charge is -2.32. The first-order chi connectivity index (χ1) is 15.8. The van der Waals surface area contributed by atoms with Crippen LogP contribution in [0.15, 0.2) is 30.7 Å². The molecule has 0 bridgehead atoms. The van der Waals surface area contributed by atoms with Gasteiger partial charge in [0.25, 0.3) is 0 Å². The highest BCUT2D eigenvalue weighted by Crippen LogP contribution is 2.37. The van der Waals surface area contributed by atoms with Crippen LogP contribution in [-0.2, 0) is 20.8 Å². The quantitative estimate of drug-likeness (QED) is 0.331. The Morgan fingerprint density at radius 2 is 1.79 bits per heavy atom. The average Bonchev–Trinajstić information content (AvgIpc) is 3.39. The van der Waals surface area contributed by atoms with Crippen LogP contribution in [0.4, 0.5) is 0 Å². The Kier molecular flexibility index (Phi) is 6.61. The second-order valence-electron chi connectivity index (χ2n) is 11.8. The van der Waals surface area contributed by atoms with Gasteiger partial charge < -0.3 is 18.6 Å². The lowest BCUT2D eigenvalue weighted by Crippen LogP contribution is -2.41. The lowest BCUT2D eigenvalue weighted by molar-refractivity contribution is 0.00578. The Balaban J connectivity index is 1.73. The highest BCUT2D eigenvalue weighted by atomic mass is 28.3. The first kappa shape index (κ1) is 25.2. The number of nitrogens with zero attached hydrogens (tertiary/aromatic N) is 4. The van der Waals surface area contributed by atoms with Gasteiger partial charge in [-0.2, -0.15) is 5.10 Å². The highest BCUT2D eigenvalue weighted by Gasteiger charge is 2.51. The summed E-state index contributed by atoms with van der Waals surface area (Å²) in [5.74, 6) is 0. The summed E-state index contributed by atoms with van der Waals surface area (Å²) < 4.78 is 22.8. The van der Waals surface area contributed by atoms with E-state index in [9.17, 15) is 0 Å². The molecule has 1 aliphatic heterocycles. The minimum absolute atomic E-state index is 0.246. The fraction of sp³-hybridized carbons (Fsp3) is 0.600. The van der Waals surface area contributed by atoms with Gasteiger partial charge in [-0.1, -0.05) is 19.6 Å². The van der Waals surface area contributed by atoms with E-state index in [2.05, 4.69) is 89.2 Å². The van der Waals surface area contributed by atoms with Gasteiger partial charge in [0.05, 0.1) is 16.9 Å². The van der Waals surface area contributed by atoms with E-state index in [1.54, 1.807) is 0 Å². The zero-order chi connectivity index (χ0) is 24.9. The third-order valence-corrected chi connectivity index (χ3v) is 8.63. The van der Waals surface area contributed by atoms with Gasteiger partial charge in [-0.25, -0.2) is 4.98 Å². The molecule has 0 N–H and O–H groups in total. The van der Waals surface area contributed by atoms with E-state index in [4.69, 9.17) is 19.0 Å². The van der Waals surface area contributed by atoms with Crippen molar-refractivity contribution in [2.24, 2.45) is 0 Å². The SMILES string of the molecule is CC(C)n1nccc1-c1cn(COCC[Si](C)(C)C)c2ncc(B3OC(C)(C)C(C)(C)O3)cc12.